The number of carbonyl (C=O) groups is 1. The number of hydrogen-bond acceptors (Lipinski definition) is 4. The van der Waals surface area contributed by atoms with Crippen molar-refractivity contribution in [2.24, 2.45) is 5.92 Å². The maximum Gasteiger partial charge on any atom is 0.247 e. The van der Waals surface area contributed by atoms with Crippen LogP contribution in [0.4, 0.5) is 0 Å². The Balaban J connectivity index is 1.50. The van der Waals surface area contributed by atoms with Crippen LogP contribution in [0.15, 0.2) is 28.7 Å². The third-order valence-electron chi connectivity index (χ3n) is 4.35. The van der Waals surface area contributed by atoms with Crippen molar-refractivity contribution < 1.29 is 9.21 Å². The van der Waals surface area contributed by atoms with Crippen LogP contribution in [0.25, 0.3) is 11.5 Å². The van der Waals surface area contributed by atoms with Gasteiger partial charge in [-0.15, -0.1) is 10.2 Å². The first-order chi connectivity index (χ1) is 11.2. The minimum absolute atomic E-state index is 0.170. The van der Waals surface area contributed by atoms with E-state index < -0.39 is 0 Å². The van der Waals surface area contributed by atoms with E-state index >= 15 is 0 Å². The van der Waals surface area contributed by atoms with Crippen molar-refractivity contribution in [1.29, 1.82) is 0 Å². The number of rotatable bonds is 5. The average Bonchev–Trinajstić information content (AvgIpc) is 3.04. The lowest BCUT2D eigenvalue weighted by molar-refractivity contribution is -0.125. The summed E-state index contributed by atoms with van der Waals surface area (Å²) in [5.41, 5.74) is 2.08. The number of amides is 1. The van der Waals surface area contributed by atoms with Gasteiger partial charge in [0, 0.05) is 24.4 Å². The second-order valence-electron chi connectivity index (χ2n) is 6.25. The summed E-state index contributed by atoms with van der Waals surface area (Å²) in [7, 11) is 0. The molecule has 122 valence electrons. The van der Waals surface area contributed by atoms with Crippen molar-refractivity contribution in [2.75, 3.05) is 6.54 Å². The summed E-state index contributed by atoms with van der Waals surface area (Å²) < 4.78 is 5.68. The fraction of sp³-hybridized carbons (Fsp3) is 0.500. The van der Waals surface area contributed by atoms with Crippen LogP contribution in [0.5, 0.6) is 0 Å². The molecule has 1 heterocycles. The van der Waals surface area contributed by atoms with E-state index in [4.69, 9.17) is 4.42 Å². The van der Waals surface area contributed by atoms with E-state index in [0.717, 1.165) is 24.0 Å². The zero-order valence-corrected chi connectivity index (χ0v) is 13.5. The number of hydrogen-bond donors (Lipinski definition) is 1. The van der Waals surface area contributed by atoms with E-state index in [-0.39, 0.29) is 11.8 Å². The number of nitrogens with one attached hydrogen (secondary N) is 1. The molecule has 0 unspecified atom stereocenters. The van der Waals surface area contributed by atoms with E-state index in [1.54, 1.807) is 0 Å². The first-order valence-electron chi connectivity index (χ1n) is 8.39. The molecule has 1 saturated carbocycles. The molecule has 0 radical (unpaired) electrons. The third-order valence-corrected chi connectivity index (χ3v) is 4.35. The Morgan fingerprint density at radius 2 is 2.09 bits per heavy atom. The summed E-state index contributed by atoms with van der Waals surface area (Å²) >= 11 is 0. The lowest BCUT2D eigenvalue weighted by atomic mass is 9.89. The molecule has 1 amide bonds. The Hall–Kier alpha value is -2.17. The summed E-state index contributed by atoms with van der Waals surface area (Å²) in [6.45, 7) is 2.58. The molecule has 1 aromatic carbocycles. The number of nitrogens with zero attached hydrogens (tertiary/aromatic N) is 2. The summed E-state index contributed by atoms with van der Waals surface area (Å²) in [6, 6.07) is 7.97. The van der Waals surface area contributed by atoms with Crippen LogP contribution in [0, 0.1) is 12.8 Å². The van der Waals surface area contributed by atoms with Crippen LogP contribution in [0.2, 0.25) is 0 Å². The Morgan fingerprint density at radius 3 is 2.87 bits per heavy atom. The summed E-state index contributed by atoms with van der Waals surface area (Å²) in [5.74, 6) is 1.45. The lowest BCUT2D eigenvalue weighted by Crippen LogP contribution is -2.33. The maximum atomic E-state index is 12.1. The monoisotopic (exact) mass is 313 g/mol. The molecule has 2 aromatic rings. The highest BCUT2D eigenvalue weighted by Gasteiger charge is 2.20. The van der Waals surface area contributed by atoms with E-state index in [9.17, 15) is 4.79 Å². The highest BCUT2D eigenvalue weighted by Crippen LogP contribution is 2.23. The van der Waals surface area contributed by atoms with Gasteiger partial charge in [0.15, 0.2) is 0 Å². The smallest absolute Gasteiger partial charge is 0.247 e. The SMILES string of the molecule is Cc1cccc(-c2nnc(CCNC(=O)C3CCCCC3)o2)c1. The van der Waals surface area contributed by atoms with Gasteiger partial charge in [-0.3, -0.25) is 4.79 Å². The van der Waals surface area contributed by atoms with Crippen LogP contribution >= 0.6 is 0 Å². The Labute approximate surface area is 136 Å². The van der Waals surface area contributed by atoms with Crippen molar-refractivity contribution in [1.82, 2.24) is 15.5 Å². The molecule has 0 atom stereocenters. The lowest BCUT2D eigenvalue weighted by Gasteiger charge is -2.20. The van der Waals surface area contributed by atoms with Gasteiger partial charge in [0.1, 0.15) is 0 Å². The fourth-order valence-electron chi connectivity index (χ4n) is 3.05. The topological polar surface area (TPSA) is 68.0 Å². The molecular weight excluding hydrogens is 290 g/mol. The number of carbonyl (C=O) groups excluding carboxylic acids is 1. The molecule has 0 bridgehead atoms. The predicted octanol–water partition coefficient (Wildman–Crippen LogP) is 3.28. The first kappa shape index (κ1) is 15.7. The molecular formula is C18H23N3O2. The van der Waals surface area contributed by atoms with Gasteiger partial charge >= 0.3 is 0 Å². The van der Waals surface area contributed by atoms with Crippen molar-refractivity contribution in [3.8, 4) is 11.5 Å². The standard InChI is InChI=1S/C18H23N3O2/c1-13-6-5-9-15(12-13)18-21-20-16(23-18)10-11-19-17(22)14-7-3-2-4-8-14/h5-6,9,12,14H,2-4,7-8,10-11H2,1H3,(H,19,22). The largest absolute Gasteiger partial charge is 0.421 e. The summed E-state index contributed by atoms with van der Waals surface area (Å²) in [4.78, 5) is 12.1. The molecule has 23 heavy (non-hydrogen) atoms. The Bertz CT molecular complexity index is 660. The maximum absolute atomic E-state index is 12.1. The second kappa shape index (κ2) is 7.40. The Kier molecular flexibility index (Phi) is 5.05. The van der Waals surface area contributed by atoms with Gasteiger partial charge in [-0.1, -0.05) is 37.0 Å². The number of benzene rings is 1. The normalized spacial score (nSPS) is 15.5. The molecule has 1 N–H and O–H groups in total. The van der Waals surface area contributed by atoms with Crippen LogP contribution in [-0.2, 0) is 11.2 Å². The van der Waals surface area contributed by atoms with Crippen LogP contribution in [0.1, 0.15) is 43.6 Å². The first-order valence-corrected chi connectivity index (χ1v) is 8.39. The third kappa shape index (κ3) is 4.18. The van der Waals surface area contributed by atoms with Crippen molar-refractivity contribution in [3.05, 3.63) is 35.7 Å². The van der Waals surface area contributed by atoms with Crippen LogP contribution < -0.4 is 5.32 Å². The highest BCUT2D eigenvalue weighted by molar-refractivity contribution is 5.78. The zero-order valence-electron chi connectivity index (χ0n) is 13.5. The van der Waals surface area contributed by atoms with Gasteiger partial charge in [-0.25, -0.2) is 0 Å². The van der Waals surface area contributed by atoms with E-state index in [0.29, 0.717) is 24.7 Å². The molecule has 0 aliphatic heterocycles. The summed E-state index contributed by atoms with van der Waals surface area (Å²) in [5, 5.41) is 11.1. The molecule has 0 saturated heterocycles. The second-order valence-corrected chi connectivity index (χ2v) is 6.25. The molecule has 0 spiro atoms. The number of aryl methyl sites for hydroxylation is 1. The van der Waals surface area contributed by atoms with E-state index in [1.807, 2.05) is 31.2 Å². The van der Waals surface area contributed by atoms with Gasteiger partial charge in [0.2, 0.25) is 17.7 Å². The quantitative estimate of drug-likeness (QED) is 0.919. The van der Waals surface area contributed by atoms with Crippen LogP contribution in [-0.4, -0.2) is 22.6 Å². The molecule has 1 aromatic heterocycles. The minimum Gasteiger partial charge on any atom is -0.421 e. The fourth-order valence-corrected chi connectivity index (χ4v) is 3.05. The Morgan fingerprint density at radius 1 is 1.26 bits per heavy atom. The molecule has 5 nitrogen and oxygen atoms in total. The van der Waals surface area contributed by atoms with E-state index in [2.05, 4.69) is 15.5 Å². The van der Waals surface area contributed by atoms with Gasteiger partial charge in [0.05, 0.1) is 0 Å². The number of aromatic nitrogens is 2. The molecule has 1 aliphatic rings. The molecule has 1 fully saturated rings. The average molecular weight is 313 g/mol. The van der Waals surface area contributed by atoms with Crippen molar-refractivity contribution >= 4 is 5.91 Å². The highest BCUT2D eigenvalue weighted by atomic mass is 16.4. The molecule has 3 rings (SSSR count). The van der Waals surface area contributed by atoms with Gasteiger partial charge in [0.25, 0.3) is 0 Å². The van der Waals surface area contributed by atoms with Gasteiger partial charge in [-0.05, 0) is 31.9 Å². The van der Waals surface area contributed by atoms with Crippen molar-refractivity contribution in [2.45, 2.75) is 45.4 Å². The molecule has 5 heteroatoms. The van der Waals surface area contributed by atoms with Crippen molar-refractivity contribution in [3.63, 3.8) is 0 Å². The van der Waals surface area contributed by atoms with Crippen LogP contribution in [0.3, 0.4) is 0 Å². The van der Waals surface area contributed by atoms with Gasteiger partial charge in [-0.2, -0.15) is 0 Å². The summed E-state index contributed by atoms with van der Waals surface area (Å²) in [6.07, 6.45) is 6.20. The minimum atomic E-state index is 0.170. The predicted molar refractivity (Wildman–Crippen MR) is 87.8 cm³/mol. The van der Waals surface area contributed by atoms with Gasteiger partial charge < -0.3 is 9.73 Å². The molecule has 1 aliphatic carbocycles. The van der Waals surface area contributed by atoms with E-state index in [1.165, 1.54) is 19.3 Å². The zero-order chi connectivity index (χ0) is 16.1.